The van der Waals surface area contributed by atoms with Crippen LogP contribution in [0.1, 0.15) is 13.8 Å². The number of aromatic nitrogens is 1. The molecule has 4 N–H and O–H groups in total. The molecule has 3 nitrogen and oxygen atoms in total. The van der Waals surface area contributed by atoms with Crippen molar-refractivity contribution in [2.75, 3.05) is 0 Å². The van der Waals surface area contributed by atoms with Crippen LogP contribution in [0.15, 0.2) is 34.9 Å². The van der Waals surface area contributed by atoms with Crippen LogP contribution in [0.4, 0.5) is 56.3 Å². The third-order valence-corrected chi connectivity index (χ3v) is 2.01. The summed E-state index contributed by atoms with van der Waals surface area (Å²) in [7, 11) is -18.0. The summed E-state index contributed by atoms with van der Waals surface area (Å²) in [6.07, 6.45) is 1.94. The van der Waals surface area contributed by atoms with Crippen molar-refractivity contribution in [1.82, 2.24) is 10.6 Å². The van der Waals surface area contributed by atoms with Crippen molar-refractivity contribution in [3.63, 3.8) is 0 Å². The van der Waals surface area contributed by atoms with Gasteiger partial charge in [-0.05, 0) is 23.6 Å². The minimum absolute atomic E-state index is 0.750. The van der Waals surface area contributed by atoms with Crippen molar-refractivity contribution >= 4 is 48.6 Å². The van der Waals surface area contributed by atoms with E-state index in [9.17, 15) is 56.3 Å². The zero-order valence-corrected chi connectivity index (χ0v) is 16.6. The first-order chi connectivity index (χ1) is 13.3. The predicted octanol–water partition coefficient (Wildman–Crippen LogP) is 7.19. The lowest BCUT2D eigenvalue weighted by molar-refractivity contribution is 0.344. The molecule has 0 amide bonds. The topological polar surface area (TPSA) is 53.8 Å². The molecular formula is C10H15B3BrF13N3-3. The Labute approximate surface area is 170 Å². The number of hydrogen-bond donors (Lipinski definition) is 3. The highest BCUT2D eigenvalue weighted by molar-refractivity contribution is 9.10. The Kier molecular flexibility index (Phi) is 21.8. The molecule has 30 heavy (non-hydrogen) atoms. The van der Waals surface area contributed by atoms with Gasteiger partial charge in [0.05, 0.1) is 0 Å². The number of hydrazine groups is 1. The molecule has 180 valence electrons. The Morgan fingerprint density at radius 3 is 1.37 bits per heavy atom. The summed E-state index contributed by atoms with van der Waals surface area (Å²) in [5, 5.41) is 1.25. The summed E-state index contributed by atoms with van der Waals surface area (Å²) in [6, 6.07) is 8.24. The summed E-state index contributed by atoms with van der Waals surface area (Å²) in [5.41, 5.74) is 1.93. The number of nitrogens with two attached hydrogens (primary N) is 1. The molecule has 0 unspecified atom stereocenters. The van der Waals surface area contributed by atoms with E-state index in [2.05, 4.69) is 45.0 Å². The van der Waals surface area contributed by atoms with Gasteiger partial charge in [-0.2, -0.15) is 0 Å². The molecule has 1 aromatic carbocycles. The molecule has 0 saturated heterocycles. The first kappa shape index (κ1) is 35.9. The monoisotopic (exact) mass is 536 g/mol. The maximum absolute atomic E-state index is 9.82. The number of fused-ring (bicyclic) bond motifs is 1. The van der Waals surface area contributed by atoms with Crippen LogP contribution >= 0.6 is 15.9 Å². The van der Waals surface area contributed by atoms with Crippen molar-refractivity contribution in [2.24, 2.45) is 5.84 Å². The third kappa shape index (κ3) is 56.3. The van der Waals surface area contributed by atoms with Crippen molar-refractivity contribution in [1.29, 1.82) is 0 Å². The first-order valence-electron chi connectivity index (χ1n) is 7.18. The number of nitrogens with one attached hydrogen (secondary N) is 2. The van der Waals surface area contributed by atoms with E-state index >= 15 is 0 Å². The standard InChI is InChI=1S/C8H6BrN.C2H6.3BF4.FH3N2/c9-7-2-1-6-3-4-10-8(6)5-7;1-2;3*2-1(3,4)5;1-3-2/h1-5,10H;1-2H3;;;;3H,2H2/q;;3*-1;. The van der Waals surface area contributed by atoms with Gasteiger partial charge in [0, 0.05) is 16.2 Å². The van der Waals surface area contributed by atoms with Crippen LogP contribution in [0.2, 0.25) is 0 Å². The molecule has 0 bridgehead atoms. The highest BCUT2D eigenvalue weighted by Gasteiger charge is 2.21. The molecule has 20 heteroatoms. The van der Waals surface area contributed by atoms with Gasteiger partial charge in [0.15, 0.2) is 0 Å². The van der Waals surface area contributed by atoms with E-state index in [0.717, 1.165) is 10.1 Å². The molecule has 0 fully saturated rings. The Morgan fingerprint density at radius 2 is 1.07 bits per heavy atom. The Hall–Kier alpha value is -1.56. The van der Waals surface area contributed by atoms with Gasteiger partial charge in [-0.1, -0.05) is 41.5 Å². The Bertz CT molecular complexity index is 587. The molecule has 1 heterocycles. The van der Waals surface area contributed by atoms with E-state index in [1.165, 1.54) is 10.9 Å². The summed E-state index contributed by atoms with van der Waals surface area (Å²) < 4.78 is 128. The second-order valence-electron chi connectivity index (χ2n) is 3.80. The summed E-state index contributed by atoms with van der Waals surface area (Å²) in [6.45, 7) is 4.00. The van der Waals surface area contributed by atoms with Crippen LogP contribution < -0.4 is 11.5 Å². The van der Waals surface area contributed by atoms with Crippen molar-refractivity contribution in [3.8, 4) is 0 Å². The predicted molar refractivity (Wildman–Crippen MR) is 96.3 cm³/mol. The molecule has 2 aromatic rings. The molecule has 0 aliphatic rings. The van der Waals surface area contributed by atoms with E-state index < -0.39 is 21.8 Å². The molecule has 0 radical (unpaired) electrons. The van der Waals surface area contributed by atoms with Gasteiger partial charge in [0.1, 0.15) is 0 Å². The van der Waals surface area contributed by atoms with Gasteiger partial charge >= 0.3 is 21.8 Å². The normalized spacial score (nSPS) is 10.3. The maximum Gasteiger partial charge on any atom is 0.673 e. The molecule has 0 spiro atoms. The highest BCUT2D eigenvalue weighted by Crippen LogP contribution is 2.17. The number of hydrogen-bond acceptors (Lipinski definition) is 2. The van der Waals surface area contributed by atoms with Crippen LogP contribution in [0.3, 0.4) is 0 Å². The number of halogens is 14. The Balaban J connectivity index is -0.000000148. The van der Waals surface area contributed by atoms with E-state index in [0.29, 0.717) is 0 Å². The van der Waals surface area contributed by atoms with Gasteiger partial charge in [0.25, 0.3) is 0 Å². The summed E-state index contributed by atoms with van der Waals surface area (Å²) in [4.78, 5) is 3.13. The zero-order chi connectivity index (χ0) is 25.2. The third-order valence-electron chi connectivity index (χ3n) is 1.52. The smallest absolute Gasteiger partial charge is 0.418 e. The molecule has 0 aliphatic heterocycles. The molecule has 0 aliphatic carbocycles. The maximum atomic E-state index is 9.82. The SMILES string of the molecule is Brc1ccc2cc[nH]c2c1.CC.F[B-](F)(F)F.F[B-](F)(F)F.F[B-](F)(F)F.NNF. The van der Waals surface area contributed by atoms with E-state index in [1.54, 1.807) is 0 Å². The molecule has 2 rings (SSSR count). The van der Waals surface area contributed by atoms with E-state index in [1.807, 2.05) is 26.1 Å². The van der Waals surface area contributed by atoms with Gasteiger partial charge in [-0.3, -0.25) is 0 Å². The second-order valence-corrected chi connectivity index (χ2v) is 4.72. The van der Waals surface area contributed by atoms with Crippen LogP contribution in [0.5, 0.6) is 0 Å². The van der Waals surface area contributed by atoms with Gasteiger partial charge < -0.3 is 56.8 Å². The van der Waals surface area contributed by atoms with Gasteiger partial charge in [-0.15, -0.1) is 4.48 Å². The average Bonchev–Trinajstić information content (AvgIpc) is 2.92. The van der Waals surface area contributed by atoms with E-state index in [4.69, 9.17) is 0 Å². The van der Waals surface area contributed by atoms with Gasteiger partial charge in [-0.25, -0.2) is 5.84 Å². The number of rotatable bonds is 0. The number of aromatic amines is 1. The molecule has 1 aromatic heterocycles. The lowest BCUT2D eigenvalue weighted by Gasteiger charge is -1.94. The minimum Gasteiger partial charge on any atom is -0.418 e. The van der Waals surface area contributed by atoms with Crippen molar-refractivity contribution in [2.45, 2.75) is 13.8 Å². The largest absolute Gasteiger partial charge is 0.673 e. The van der Waals surface area contributed by atoms with Crippen LogP contribution in [-0.4, -0.2) is 26.7 Å². The molecule has 0 saturated carbocycles. The van der Waals surface area contributed by atoms with E-state index in [-0.39, 0.29) is 0 Å². The fourth-order valence-electron chi connectivity index (χ4n) is 1.02. The quantitative estimate of drug-likeness (QED) is 0.110. The van der Waals surface area contributed by atoms with Crippen molar-refractivity contribution < 1.29 is 56.3 Å². The number of H-pyrrole nitrogens is 1. The van der Waals surface area contributed by atoms with Crippen LogP contribution in [0.25, 0.3) is 10.9 Å². The first-order valence-corrected chi connectivity index (χ1v) is 7.98. The number of benzene rings is 1. The summed E-state index contributed by atoms with van der Waals surface area (Å²) in [5.74, 6) is 3.93. The Morgan fingerprint density at radius 1 is 0.767 bits per heavy atom. The molecule has 0 atom stereocenters. The van der Waals surface area contributed by atoms with Crippen molar-refractivity contribution in [3.05, 3.63) is 34.9 Å². The fourth-order valence-corrected chi connectivity index (χ4v) is 1.38. The van der Waals surface area contributed by atoms with Crippen LogP contribution in [0, 0.1) is 0 Å². The highest BCUT2D eigenvalue weighted by atomic mass is 79.9. The van der Waals surface area contributed by atoms with Crippen LogP contribution in [-0.2, 0) is 0 Å². The summed E-state index contributed by atoms with van der Waals surface area (Å²) >= 11 is 3.40. The lowest BCUT2D eigenvalue weighted by Crippen LogP contribution is -2.07. The van der Waals surface area contributed by atoms with Gasteiger partial charge in [0.2, 0.25) is 0 Å². The average molecular weight is 537 g/mol. The second kappa shape index (κ2) is 18.2. The fraction of sp³-hybridized carbons (Fsp3) is 0.200. The molecular weight excluding hydrogens is 521 g/mol. The zero-order valence-electron chi connectivity index (χ0n) is 15.0. The lowest BCUT2D eigenvalue weighted by atomic mass is 10.3. The minimum atomic E-state index is -6.00.